The van der Waals surface area contributed by atoms with Gasteiger partial charge in [-0.2, -0.15) is 0 Å². The quantitative estimate of drug-likeness (QED) is 0.536. The molecule has 0 fully saturated rings. The lowest BCUT2D eigenvalue weighted by Gasteiger charge is -2.34. The zero-order chi connectivity index (χ0) is 22.7. The number of aromatic nitrogens is 2. The summed E-state index contributed by atoms with van der Waals surface area (Å²) in [4.78, 5) is 43.5. The Balaban J connectivity index is 0.00000306. The van der Waals surface area contributed by atoms with E-state index in [0.29, 0.717) is 34.8 Å². The molecule has 0 saturated carbocycles. The van der Waals surface area contributed by atoms with Gasteiger partial charge in [-0.25, -0.2) is 9.59 Å². The van der Waals surface area contributed by atoms with Gasteiger partial charge in [0.15, 0.2) is 0 Å². The van der Waals surface area contributed by atoms with Crippen molar-refractivity contribution in [1.82, 2.24) is 14.5 Å². The Morgan fingerprint density at radius 3 is 2.52 bits per heavy atom. The number of fused-ring (bicyclic) bond motifs is 1. The Hall–Kier alpha value is -2.87. The number of carbonyl (C=O) groups excluding carboxylic acids is 1. The van der Waals surface area contributed by atoms with Crippen molar-refractivity contribution in [2.24, 2.45) is 0 Å². The molecule has 0 radical (unpaired) electrons. The summed E-state index contributed by atoms with van der Waals surface area (Å²) in [6.07, 6.45) is 0.437. The molecular weight excluding hydrogens is 465 g/mol. The van der Waals surface area contributed by atoms with Crippen molar-refractivity contribution in [3.05, 3.63) is 103 Å². The van der Waals surface area contributed by atoms with Crippen molar-refractivity contribution in [3.63, 3.8) is 0 Å². The van der Waals surface area contributed by atoms with Gasteiger partial charge in [0, 0.05) is 30.2 Å². The number of carbonyl (C=O) groups is 1. The highest BCUT2D eigenvalue weighted by atomic mass is 35.5. The Kier molecular flexibility index (Phi) is 8.13. The Bertz CT molecular complexity index is 1240. The third kappa shape index (κ3) is 5.21. The highest BCUT2D eigenvalue weighted by Crippen LogP contribution is 2.31. The molecule has 9 heteroatoms. The molecule has 0 aliphatic carbocycles. The maximum Gasteiger partial charge on any atom is 0.328 e. The molecule has 1 aliphatic rings. The molecule has 1 unspecified atom stereocenters. The number of nitrogens with zero attached hydrogens (tertiary/aromatic N) is 2. The van der Waals surface area contributed by atoms with Crippen molar-refractivity contribution in [1.29, 1.82) is 0 Å². The Morgan fingerprint density at radius 1 is 1.12 bits per heavy atom. The van der Waals surface area contributed by atoms with Crippen LogP contribution in [-0.2, 0) is 29.0 Å². The topological polar surface area (TPSA) is 84.4 Å². The molecule has 0 saturated heterocycles. The van der Waals surface area contributed by atoms with E-state index in [-0.39, 0.29) is 37.7 Å². The number of H-pyrrole nitrogens is 1. The SMILES string of the molecule is CCOC(=O)C(c1ccccc1Cl)N1CCc2[nH]c(=O)n(Cc3ccccc3)c(=O)c2C1.Cl. The van der Waals surface area contributed by atoms with Gasteiger partial charge in [0.25, 0.3) is 5.56 Å². The molecule has 3 aromatic rings. The standard InChI is InChI=1S/C24H24ClN3O4.ClH/c1-2-32-23(30)21(17-10-6-7-11-19(17)25)27-13-12-20-18(15-27)22(29)28(24(31)26-20)14-16-8-4-3-5-9-16;/h3-11,21H,2,12-15H2,1H3,(H,26,31);1H. The monoisotopic (exact) mass is 489 g/mol. The zero-order valence-corrected chi connectivity index (χ0v) is 19.7. The highest BCUT2D eigenvalue weighted by molar-refractivity contribution is 6.31. The van der Waals surface area contributed by atoms with Crippen molar-refractivity contribution in [2.45, 2.75) is 32.5 Å². The maximum absolute atomic E-state index is 13.3. The molecule has 33 heavy (non-hydrogen) atoms. The fourth-order valence-corrected chi connectivity index (χ4v) is 4.33. The van der Waals surface area contributed by atoms with Crippen LogP contribution in [0, 0.1) is 0 Å². The summed E-state index contributed by atoms with van der Waals surface area (Å²) >= 11 is 6.40. The maximum atomic E-state index is 13.3. The molecule has 0 amide bonds. The first kappa shape index (κ1) is 24.8. The lowest BCUT2D eigenvalue weighted by molar-refractivity contribution is -0.150. The van der Waals surface area contributed by atoms with Crippen LogP contribution in [-0.4, -0.2) is 33.6 Å². The normalized spacial score (nSPS) is 14.1. The lowest BCUT2D eigenvalue weighted by Crippen LogP contribution is -2.46. The van der Waals surface area contributed by atoms with Crippen LogP contribution < -0.4 is 11.2 Å². The van der Waals surface area contributed by atoms with E-state index in [2.05, 4.69) is 4.98 Å². The van der Waals surface area contributed by atoms with Crippen LogP contribution in [0.25, 0.3) is 0 Å². The first-order valence-electron chi connectivity index (χ1n) is 10.5. The van der Waals surface area contributed by atoms with Gasteiger partial charge in [-0.05, 0) is 24.1 Å². The first-order chi connectivity index (χ1) is 15.5. The van der Waals surface area contributed by atoms with E-state index in [1.54, 1.807) is 25.1 Å². The van der Waals surface area contributed by atoms with Crippen molar-refractivity contribution < 1.29 is 9.53 Å². The number of benzene rings is 2. The molecule has 1 aromatic heterocycles. The lowest BCUT2D eigenvalue weighted by atomic mass is 10.00. The molecule has 0 spiro atoms. The summed E-state index contributed by atoms with van der Waals surface area (Å²) in [6.45, 7) is 2.84. The van der Waals surface area contributed by atoms with Crippen molar-refractivity contribution in [3.8, 4) is 0 Å². The molecule has 174 valence electrons. The fraction of sp³-hybridized carbons (Fsp3) is 0.292. The summed E-state index contributed by atoms with van der Waals surface area (Å²) < 4.78 is 6.53. The average Bonchev–Trinajstić information content (AvgIpc) is 2.79. The van der Waals surface area contributed by atoms with Crippen LogP contribution in [0.15, 0.2) is 64.2 Å². The minimum Gasteiger partial charge on any atom is -0.465 e. The van der Waals surface area contributed by atoms with Gasteiger partial charge in [-0.15, -0.1) is 12.4 Å². The zero-order valence-electron chi connectivity index (χ0n) is 18.1. The molecule has 1 atom stereocenters. The van der Waals surface area contributed by atoms with E-state index < -0.39 is 17.7 Å². The second kappa shape index (κ2) is 10.8. The number of halogens is 2. The smallest absolute Gasteiger partial charge is 0.328 e. The van der Waals surface area contributed by atoms with Crippen molar-refractivity contribution >= 4 is 30.0 Å². The second-order valence-electron chi connectivity index (χ2n) is 7.66. The molecular formula is C24H25Cl2N3O4. The van der Waals surface area contributed by atoms with Crippen LogP contribution in [0.4, 0.5) is 0 Å². The van der Waals surface area contributed by atoms with Crippen LogP contribution in [0.1, 0.15) is 35.3 Å². The third-order valence-corrected chi connectivity index (χ3v) is 5.98. The minimum atomic E-state index is -0.745. The Morgan fingerprint density at radius 2 is 1.82 bits per heavy atom. The summed E-state index contributed by atoms with van der Waals surface area (Å²) in [5.41, 5.74) is 1.80. The van der Waals surface area contributed by atoms with Gasteiger partial charge < -0.3 is 9.72 Å². The minimum absolute atomic E-state index is 0. The molecule has 1 N–H and O–H groups in total. The largest absolute Gasteiger partial charge is 0.465 e. The van der Waals surface area contributed by atoms with E-state index in [1.165, 1.54) is 4.57 Å². The van der Waals surface area contributed by atoms with E-state index in [0.717, 1.165) is 5.56 Å². The predicted molar refractivity (Wildman–Crippen MR) is 129 cm³/mol. The van der Waals surface area contributed by atoms with Gasteiger partial charge in [-0.3, -0.25) is 14.3 Å². The van der Waals surface area contributed by atoms with Crippen molar-refractivity contribution in [2.75, 3.05) is 13.2 Å². The number of hydrogen-bond donors (Lipinski definition) is 1. The van der Waals surface area contributed by atoms with Crippen LogP contribution >= 0.6 is 24.0 Å². The average molecular weight is 490 g/mol. The van der Waals surface area contributed by atoms with Gasteiger partial charge in [0.05, 0.1) is 18.7 Å². The van der Waals surface area contributed by atoms with Gasteiger partial charge in [-0.1, -0.05) is 60.1 Å². The van der Waals surface area contributed by atoms with E-state index in [4.69, 9.17) is 16.3 Å². The molecule has 4 rings (SSSR count). The number of aromatic amines is 1. The van der Waals surface area contributed by atoms with E-state index in [1.807, 2.05) is 41.3 Å². The van der Waals surface area contributed by atoms with Crippen LogP contribution in [0.3, 0.4) is 0 Å². The number of esters is 1. The summed E-state index contributed by atoms with van der Waals surface area (Å²) in [5.74, 6) is -0.418. The van der Waals surface area contributed by atoms with Gasteiger partial charge in [0.1, 0.15) is 6.04 Å². The van der Waals surface area contributed by atoms with Crippen LogP contribution in [0.5, 0.6) is 0 Å². The molecule has 2 heterocycles. The number of hydrogen-bond acceptors (Lipinski definition) is 5. The van der Waals surface area contributed by atoms with E-state index >= 15 is 0 Å². The molecule has 0 bridgehead atoms. The highest BCUT2D eigenvalue weighted by Gasteiger charge is 2.34. The summed E-state index contributed by atoms with van der Waals surface area (Å²) in [6, 6.07) is 15.7. The predicted octanol–water partition coefficient (Wildman–Crippen LogP) is 3.32. The number of nitrogens with one attached hydrogen (secondary N) is 1. The fourth-order valence-electron chi connectivity index (χ4n) is 4.09. The number of rotatable bonds is 6. The number of ether oxygens (including phenoxy) is 1. The summed E-state index contributed by atoms with van der Waals surface area (Å²) in [5, 5.41) is 0.458. The molecule has 1 aliphatic heterocycles. The molecule has 7 nitrogen and oxygen atoms in total. The van der Waals surface area contributed by atoms with Gasteiger partial charge in [0.2, 0.25) is 0 Å². The van der Waals surface area contributed by atoms with Gasteiger partial charge >= 0.3 is 11.7 Å². The van der Waals surface area contributed by atoms with Crippen LogP contribution in [0.2, 0.25) is 5.02 Å². The Labute approximate surface area is 202 Å². The first-order valence-corrected chi connectivity index (χ1v) is 10.9. The third-order valence-electron chi connectivity index (χ3n) is 5.64. The summed E-state index contributed by atoms with van der Waals surface area (Å²) in [7, 11) is 0. The second-order valence-corrected chi connectivity index (χ2v) is 8.07. The molecule has 2 aromatic carbocycles. The van der Waals surface area contributed by atoms with E-state index in [9.17, 15) is 14.4 Å².